The Morgan fingerprint density at radius 2 is 1.96 bits per heavy atom. The van der Waals surface area contributed by atoms with Crippen LogP contribution in [0.4, 0.5) is 13.2 Å². The summed E-state index contributed by atoms with van der Waals surface area (Å²) in [6.07, 6.45) is 0. The van der Waals surface area contributed by atoms with Crippen LogP contribution in [0.3, 0.4) is 0 Å². The fourth-order valence-corrected chi connectivity index (χ4v) is 4.06. The van der Waals surface area contributed by atoms with Crippen molar-refractivity contribution in [2.75, 3.05) is 7.11 Å². The minimum absolute atomic E-state index is 0.0117. The molecule has 0 aliphatic rings. The van der Waals surface area contributed by atoms with Crippen LogP contribution in [-0.2, 0) is 11.3 Å². The van der Waals surface area contributed by atoms with E-state index in [1.807, 2.05) is 0 Å². The van der Waals surface area contributed by atoms with Gasteiger partial charge in [-0.3, -0.25) is 4.79 Å². The third-order valence-electron chi connectivity index (χ3n) is 4.19. The predicted molar refractivity (Wildman–Crippen MR) is 101 cm³/mol. The fraction of sp³-hybridized carbons (Fsp3) is 0.250. The molecule has 28 heavy (non-hydrogen) atoms. The van der Waals surface area contributed by atoms with Crippen LogP contribution >= 0.6 is 11.3 Å². The first-order chi connectivity index (χ1) is 13.4. The lowest BCUT2D eigenvalue weighted by Crippen LogP contribution is -2.26. The van der Waals surface area contributed by atoms with E-state index in [-0.39, 0.29) is 18.3 Å². The summed E-state index contributed by atoms with van der Waals surface area (Å²) in [5.41, 5.74) is 1.09. The van der Waals surface area contributed by atoms with Gasteiger partial charge in [0, 0.05) is 22.8 Å². The van der Waals surface area contributed by atoms with E-state index in [4.69, 9.17) is 4.74 Å². The Morgan fingerprint density at radius 1 is 1.21 bits per heavy atom. The van der Waals surface area contributed by atoms with E-state index in [2.05, 4.69) is 10.1 Å². The zero-order chi connectivity index (χ0) is 20.3. The van der Waals surface area contributed by atoms with E-state index in [0.29, 0.717) is 26.1 Å². The molecule has 0 radical (unpaired) electrons. The first kappa shape index (κ1) is 20.2. The average molecular weight is 409 g/mol. The largest absolute Gasteiger partial charge is 0.435 e. The normalized spacial score (nSPS) is 12.4. The van der Waals surface area contributed by atoms with Crippen LogP contribution in [0, 0.1) is 5.82 Å². The number of alkyl halides is 2. The van der Waals surface area contributed by atoms with Crippen LogP contribution in [-0.4, -0.2) is 19.6 Å². The number of ether oxygens (including phenoxy) is 2. The number of benzene rings is 2. The number of amides is 1. The maximum atomic E-state index is 14.3. The minimum Gasteiger partial charge on any atom is -0.435 e. The second-order valence-corrected chi connectivity index (χ2v) is 7.15. The van der Waals surface area contributed by atoms with Gasteiger partial charge < -0.3 is 14.8 Å². The Labute approximate surface area is 163 Å². The lowest BCUT2D eigenvalue weighted by atomic mass is 10.1. The molecule has 3 rings (SSSR count). The summed E-state index contributed by atoms with van der Waals surface area (Å²) in [7, 11) is 1.48. The Bertz CT molecular complexity index is 990. The molecule has 1 heterocycles. The molecular weight excluding hydrogens is 391 g/mol. The third kappa shape index (κ3) is 4.28. The van der Waals surface area contributed by atoms with Crippen LogP contribution in [0.2, 0.25) is 0 Å². The highest BCUT2D eigenvalue weighted by Gasteiger charge is 2.22. The van der Waals surface area contributed by atoms with Crippen LogP contribution in [0.25, 0.3) is 10.1 Å². The SMILES string of the molecule is COCc1c(C(=O)NC(C)c2cccc(OC(F)F)c2)sc2cccc(F)c12. The first-order valence-electron chi connectivity index (χ1n) is 8.45. The summed E-state index contributed by atoms with van der Waals surface area (Å²) in [4.78, 5) is 13.2. The maximum absolute atomic E-state index is 14.3. The highest BCUT2D eigenvalue weighted by atomic mass is 32.1. The number of hydrogen-bond acceptors (Lipinski definition) is 4. The maximum Gasteiger partial charge on any atom is 0.387 e. The van der Waals surface area contributed by atoms with Crippen LogP contribution in [0.15, 0.2) is 42.5 Å². The number of carbonyl (C=O) groups excluding carboxylic acids is 1. The summed E-state index contributed by atoms with van der Waals surface area (Å²) in [5.74, 6) is -0.789. The molecule has 0 bridgehead atoms. The van der Waals surface area contributed by atoms with E-state index in [0.717, 1.165) is 0 Å². The zero-order valence-corrected chi connectivity index (χ0v) is 16.0. The van der Waals surface area contributed by atoms with E-state index in [9.17, 15) is 18.0 Å². The van der Waals surface area contributed by atoms with Crippen LogP contribution < -0.4 is 10.1 Å². The van der Waals surface area contributed by atoms with Crippen molar-refractivity contribution in [3.63, 3.8) is 0 Å². The predicted octanol–water partition coefficient (Wildman–Crippen LogP) is 5.28. The standard InChI is InChI=1S/C20H18F3NO3S/c1-11(12-5-3-6-13(9-12)27-20(22)23)24-19(25)18-14(10-26-2)17-15(21)7-4-8-16(17)28-18/h3-9,11,20H,10H2,1-2H3,(H,24,25). The van der Waals surface area contributed by atoms with Crippen LogP contribution in [0.1, 0.15) is 33.8 Å². The van der Waals surface area contributed by atoms with Gasteiger partial charge in [0.15, 0.2) is 0 Å². The lowest BCUT2D eigenvalue weighted by Gasteiger charge is -2.15. The highest BCUT2D eigenvalue weighted by molar-refractivity contribution is 7.21. The molecule has 2 aromatic carbocycles. The number of rotatable bonds is 7. The van der Waals surface area contributed by atoms with Crippen molar-refractivity contribution in [2.45, 2.75) is 26.2 Å². The van der Waals surface area contributed by atoms with E-state index < -0.39 is 18.5 Å². The average Bonchev–Trinajstić information content (AvgIpc) is 3.02. The molecular formula is C20H18F3NO3S. The van der Waals surface area contributed by atoms with Gasteiger partial charge in [-0.25, -0.2) is 4.39 Å². The van der Waals surface area contributed by atoms with Gasteiger partial charge in [-0.1, -0.05) is 18.2 Å². The summed E-state index contributed by atoms with van der Waals surface area (Å²) >= 11 is 1.18. The molecule has 1 atom stereocenters. The molecule has 1 N–H and O–H groups in total. The van der Waals surface area contributed by atoms with Gasteiger partial charge in [-0.15, -0.1) is 11.3 Å². The highest BCUT2D eigenvalue weighted by Crippen LogP contribution is 2.34. The number of methoxy groups -OCH3 is 1. The molecule has 0 aliphatic carbocycles. The van der Waals surface area contributed by atoms with Crippen molar-refractivity contribution in [1.82, 2.24) is 5.32 Å². The number of thiophene rings is 1. The van der Waals surface area contributed by atoms with Crippen LogP contribution in [0.5, 0.6) is 5.75 Å². The third-order valence-corrected chi connectivity index (χ3v) is 5.39. The fourth-order valence-electron chi connectivity index (χ4n) is 2.94. The molecule has 148 valence electrons. The van der Waals surface area contributed by atoms with E-state index in [1.165, 1.54) is 36.6 Å². The monoisotopic (exact) mass is 409 g/mol. The Kier molecular flexibility index (Phi) is 6.21. The number of halogens is 3. The molecule has 0 saturated heterocycles. The molecule has 0 saturated carbocycles. The van der Waals surface area contributed by atoms with Crippen molar-refractivity contribution >= 4 is 27.3 Å². The molecule has 4 nitrogen and oxygen atoms in total. The second-order valence-electron chi connectivity index (χ2n) is 6.10. The summed E-state index contributed by atoms with van der Waals surface area (Å²) in [6.45, 7) is -1.11. The lowest BCUT2D eigenvalue weighted by molar-refractivity contribution is -0.0499. The molecule has 8 heteroatoms. The zero-order valence-electron chi connectivity index (χ0n) is 15.2. The molecule has 0 aliphatic heterocycles. The number of fused-ring (bicyclic) bond motifs is 1. The topological polar surface area (TPSA) is 47.6 Å². The second kappa shape index (κ2) is 8.62. The van der Waals surface area contributed by atoms with Gasteiger partial charge in [0.1, 0.15) is 11.6 Å². The molecule has 1 amide bonds. The molecule has 0 fully saturated rings. The van der Waals surface area contributed by atoms with Crippen molar-refractivity contribution in [2.24, 2.45) is 0 Å². The van der Waals surface area contributed by atoms with Gasteiger partial charge in [-0.05, 0) is 36.8 Å². The van der Waals surface area contributed by atoms with Gasteiger partial charge in [0.2, 0.25) is 0 Å². The summed E-state index contributed by atoms with van der Waals surface area (Å²) < 4.78 is 49.3. The quantitative estimate of drug-likeness (QED) is 0.578. The van der Waals surface area contributed by atoms with Crippen molar-refractivity contribution in [3.05, 3.63) is 64.3 Å². The first-order valence-corrected chi connectivity index (χ1v) is 9.26. The van der Waals surface area contributed by atoms with Gasteiger partial charge >= 0.3 is 6.61 Å². The smallest absolute Gasteiger partial charge is 0.387 e. The van der Waals surface area contributed by atoms with Crippen molar-refractivity contribution in [3.8, 4) is 5.75 Å². The summed E-state index contributed by atoms with van der Waals surface area (Å²) in [5, 5.41) is 3.20. The van der Waals surface area contributed by atoms with Gasteiger partial charge in [0.05, 0.1) is 17.5 Å². The molecule has 1 aromatic heterocycles. The summed E-state index contributed by atoms with van der Waals surface area (Å²) in [6, 6.07) is 10.3. The van der Waals surface area contributed by atoms with Crippen molar-refractivity contribution < 1.29 is 27.4 Å². The number of carbonyl (C=O) groups is 1. The minimum atomic E-state index is -2.93. The Hall–Kier alpha value is -2.58. The van der Waals surface area contributed by atoms with E-state index in [1.54, 1.807) is 31.2 Å². The molecule has 0 spiro atoms. The Morgan fingerprint density at radius 3 is 2.68 bits per heavy atom. The number of hydrogen-bond donors (Lipinski definition) is 1. The molecule has 1 unspecified atom stereocenters. The van der Waals surface area contributed by atoms with E-state index >= 15 is 0 Å². The van der Waals surface area contributed by atoms with Gasteiger partial charge in [-0.2, -0.15) is 8.78 Å². The Balaban J connectivity index is 1.87. The molecule has 3 aromatic rings. The van der Waals surface area contributed by atoms with Gasteiger partial charge in [0.25, 0.3) is 5.91 Å². The number of nitrogens with one attached hydrogen (secondary N) is 1. The van der Waals surface area contributed by atoms with Crippen molar-refractivity contribution in [1.29, 1.82) is 0 Å².